The largest absolute Gasteiger partial charge is 0.481 e. The first-order valence-corrected chi connectivity index (χ1v) is 10.3. The molecule has 6 nitrogen and oxygen atoms in total. The zero-order valence-corrected chi connectivity index (χ0v) is 17.3. The highest BCUT2D eigenvalue weighted by molar-refractivity contribution is 5.99. The Bertz CT molecular complexity index is 1220. The van der Waals surface area contributed by atoms with Crippen LogP contribution >= 0.6 is 0 Å². The minimum atomic E-state index is -0.897. The van der Waals surface area contributed by atoms with Gasteiger partial charge in [-0.2, -0.15) is 0 Å². The van der Waals surface area contributed by atoms with E-state index in [1.165, 1.54) is 12.3 Å². The normalized spacial score (nSPS) is 15.3. The molecular weight excluding hydrogens is 416 g/mol. The summed E-state index contributed by atoms with van der Waals surface area (Å²) in [6, 6.07) is 7.03. The van der Waals surface area contributed by atoms with E-state index in [9.17, 15) is 18.4 Å². The highest BCUT2D eigenvalue weighted by Gasteiger charge is 2.35. The van der Waals surface area contributed by atoms with Crippen LogP contribution in [0.2, 0.25) is 0 Å². The van der Waals surface area contributed by atoms with E-state index in [-0.39, 0.29) is 18.9 Å². The van der Waals surface area contributed by atoms with Gasteiger partial charge in [0.1, 0.15) is 17.4 Å². The molecule has 8 heteroatoms. The maximum absolute atomic E-state index is 13.9. The smallest absolute Gasteiger partial charge is 0.264 e. The molecule has 0 unspecified atom stereocenters. The summed E-state index contributed by atoms with van der Waals surface area (Å²) in [4.78, 5) is 34.7. The molecule has 0 N–H and O–H groups in total. The summed E-state index contributed by atoms with van der Waals surface area (Å²) in [6.45, 7) is -0.00793. The SMILES string of the molecule is CN1C(=O)COc2c1ccc(-c1cnc(CC(=O)c3c(F)cccc3F)cn1)c2C1CC1. The zero-order valence-electron chi connectivity index (χ0n) is 17.3. The minimum Gasteiger partial charge on any atom is -0.481 e. The molecular formula is C24H19F2N3O3. The topological polar surface area (TPSA) is 72.4 Å². The first kappa shape index (κ1) is 20.2. The van der Waals surface area contributed by atoms with Gasteiger partial charge >= 0.3 is 0 Å². The molecule has 3 aromatic rings. The fraction of sp³-hybridized carbons (Fsp3) is 0.250. The predicted octanol–water partition coefficient (Wildman–Crippen LogP) is 4.08. The Balaban J connectivity index is 1.45. The van der Waals surface area contributed by atoms with Crippen LogP contribution in [0.1, 0.15) is 40.4 Å². The van der Waals surface area contributed by atoms with Gasteiger partial charge in [-0.15, -0.1) is 0 Å². The van der Waals surface area contributed by atoms with Crippen molar-refractivity contribution in [3.05, 3.63) is 71.2 Å². The quantitative estimate of drug-likeness (QED) is 0.565. The van der Waals surface area contributed by atoms with Crippen LogP contribution in [0.5, 0.6) is 5.75 Å². The Morgan fingerprint density at radius 3 is 2.53 bits per heavy atom. The van der Waals surface area contributed by atoms with Crippen molar-refractivity contribution in [2.24, 2.45) is 0 Å². The fourth-order valence-corrected chi connectivity index (χ4v) is 3.97. The molecule has 2 heterocycles. The number of anilines is 1. The molecule has 1 aliphatic carbocycles. The Labute approximate surface area is 182 Å². The Hall–Kier alpha value is -3.68. The average Bonchev–Trinajstić information content (AvgIpc) is 3.61. The molecule has 5 rings (SSSR count). The van der Waals surface area contributed by atoms with Crippen LogP contribution in [0, 0.1) is 11.6 Å². The molecule has 32 heavy (non-hydrogen) atoms. The van der Waals surface area contributed by atoms with Crippen LogP contribution in [-0.2, 0) is 11.2 Å². The second kappa shape index (κ2) is 7.78. The fourth-order valence-electron chi connectivity index (χ4n) is 3.97. The number of Topliss-reactive ketones (excluding diaryl/α,β-unsaturated/α-hetero) is 1. The van der Waals surface area contributed by atoms with E-state index in [0.29, 0.717) is 23.1 Å². The van der Waals surface area contributed by atoms with Gasteiger partial charge in [-0.25, -0.2) is 8.78 Å². The van der Waals surface area contributed by atoms with E-state index in [1.54, 1.807) is 18.1 Å². The van der Waals surface area contributed by atoms with E-state index in [2.05, 4.69) is 9.97 Å². The summed E-state index contributed by atoms with van der Waals surface area (Å²) in [5.74, 6) is -1.57. The van der Waals surface area contributed by atoms with E-state index >= 15 is 0 Å². The van der Waals surface area contributed by atoms with Gasteiger partial charge in [-0.05, 0) is 37.0 Å². The van der Waals surface area contributed by atoms with Gasteiger partial charge in [0.2, 0.25) is 0 Å². The maximum Gasteiger partial charge on any atom is 0.264 e. The lowest BCUT2D eigenvalue weighted by atomic mass is 9.97. The number of nitrogens with zero attached hydrogens (tertiary/aromatic N) is 3. The molecule has 0 radical (unpaired) electrons. The zero-order chi connectivity index (χ0) is 22.4. The Kier molecular flexibility index (Phi) is 4.92. The number of carbonyl (C=O) groups is 2. The van der Waals surface area contributed by atoms with E-state index in [1.807, 2.05) is 12.1 Å². The molecule has 0 atom stereocenters. The molecule has 2 aromatic carbocycles. The van der Waals surface area contributed by atoms with Crippen molar-refractivity contribution in [2.75, 3.05) is 18.6 Å². The van der Waals surface area contributed by atoms with Crippen molar-refractivity contribution >= 4 is 17.4 Å². The van der Waals surface area contributed by atoms with E-state index in [4.69, 9.17) is 4.74 Å². The molecule has 1 fully saturated rings. The van der Waals surface area contributed by atoms with Crippen LogP contribution in [0.3, 0.4) is 0 Å². The second-order valence-corrected chi connectivity index (χ2v) is 7.98. The summed E-state index contributed by atoms with van der Waals surface area (Å²) in [5.41, 5.74) is 2.95. The van der Waals surface area contributed by atoms with Gasteiger partial charge in [0.15, 0.2) is 12.4 Å². The number of rotatable bonds is 5. The number of amides is 1. The number of fused-ring (bicyclic) bond motifs is 1. The first-order chi connectivity index (χ1) is 15.4. The summed E-state index contributed by atoms with van der Waals surface area (Å²) >= 11 is 0. The summed E-state index contributed by atoms with van der Waals surface area (Å²) in [5, 5.41) is 0. The van der Waals surface area contributed by atoms with Crippen molar-refractivity contribution in [3.63, 3.8) is 0 Å². The number of ether oxygens (including phenoxy) is 1. The maximum atomic E-state index is 13.9. The van der Waals surface area contributed by atoms with Crippen LogP contribution in [0.15, 0.2) is 42.7 Å². The third-order valence-corrected chi connectivity index (χ3v) is 5.80. The lowest BCUT2D eigenvalue weighted by molar-refractivity contribution is -0.121. The second-order valence-electron chi connectivity index (χ2n) is 7.98. The average molecular weight is 435 g/mol. The van der Waals surface area contributed by atoms with Crippen molar-refractivity contribution < 1.29 is 23.1 Å². The highest BCUT2D eigenvalue weighted by atomic mass is 19.1. The molecule has 0 bridgehead atoms. The number of halogens is 2. The molecule has 1 aromatic heterocycles. The Morgan fingerprint density at radius 1 is 1.12 bits per heavy atom. The highest BCUT2D eigenvalue weighted by Crippen LogP contribution is 2.52. The van der Waals surface area contributed by atoms with Gasteiger partial charge in [-0.1, -0.05) is 12.1 Å². The van der Waals surface area contributed by atoms with Gasteiger partial charge < -0.3 is 9.64 Å². The van der Waals surface area contributed by atoms with Crippen LogP contribution in [0.4, 0.5) is 14.5 Å². The molecule has 1 amide bonds. The summed E-state index contributed by atoms with van der Waals surface area (Å²) < 4.78 is 33.5. The van der Waals surface area contributed by atoms with Crippen molar-refractivity contribution in [3.8, 4) is 17.0 Å². The predicted molar refractivity (Wildman–Crippen MR) is 113 cm³/mol. The minimum absolute atomic E-state index is 0.00793. The third-order valence-electron chi connectivity index (χ3n) is 5.80. The first-order valence-electron chi connectivity index (χ1n) is 10.3. The van der Waals surface area contributed by atoms with Crippen LogP contribution in [0.25, 0.3) is 11.3 Å². The van der Waals surface area contributed by atoms with Crippen LogP contribution < -0.4 is 9.64 Å². The number of hydrogen-bond donors (Lipinski definition) is 0. The number of hydrogen-bond acceptors (Lipinski definition) is 5. The molecule has 0 spiro atoms. The van der Waals surface area contributed by atoms with Crippen molar-refractivity contribution in [2.45, 2.75) is 25.2 Å². The number of likely N-dealkylation sites (N-methyl/N-ethyl adjacent to an activating group) is 1. The third kappa shape index (κ3) is 3.51. The van der Waals surface area contributed by atoms with Gasteiger partial charge in [-0.3, -0.25) is 19.6 Å². The van der Waals surface area contributed by atoms with Gasteiger partial charge in [0.25, 0.3) is 5.91 Å². The van der Waals surface area contributed by atoms with Crippen molar-refractivity contribution in [1.82, 2.24) is 9.97 Å². The summed E-state index contributed by atoms with van der Waals surface area (Å²) in [7, 11) is 1.73. The number of aromatic nitrogens is 2. The van der Waals surface area contributed by atoms with E-state index in [0.717, 1.165) is 41.8 Å². The molecule has 162 valence electrons. The number of ketones is 1. The van der Waals surface area contributed by atoms with Crippen LogP contribution in [-0.4, -0.2) is 35.3 Å². The number of carbonyl (C=O) groups excluding carboxylic acids is 2. The lowest BCUT2D eigenvalue weighted by Crippen LogP contribution is -2.35. The monoisotopic (exact) mass is 435 g/mol. The van der Waals surface area contributed by atoms with Crippen molar-refractivity contribution in [1.29, 1.82) is 0 Å². The lowest BCUT2D eigenvalue weighted by Gasteiger charge is -2.28. The summed E-state index contributed by atoms with van der Waals surface area (Å²) in [6.07, 6.45) is 4.78. The number of benzene rings is 2. The standard InChI is InChI=1S/C24H19F2N3O3/c1-29-19-8-7-15(22(13-5-6-13)24(19)32-12-21(29)31)18-11-27-14(10-28-18)9-20(30)23-16(25)3-2-4-17(23)26/h2-4,7-8,10-11,13H,5-6,9,12H2,1H3. The Morgan fingerprint density at radius 2 is 1.88 bits per heavy atom. The molecule has 0 saturated heterocycles. The van der Waals surface area contributed by atoms with Gasteiger partial charge in [0, 0.05) is 24.4 Å². The van der Waals surface area contributed by atoms with E-state index < -0.39 is 23.0 Å². The van der Waals surface area contributed by atoms with Gasteiger partial charge in [0.05, 0.1) is 35.3 Å². The molecule has 1 saturated carbocycles. The molecule has 1 aliphatic heterocycles. The molecule has 2 aliphatic rings.